The van der Waals surface area contributed by atoms with Gasteiger partial charge in [-0.2, -0.15) is 0 Å². The number of halogens is 2. The van der Waals surface area contributed by atoms with Gasteiger partial charge in [-0.3, -0.25) is 4.79 Å². The molecule has 5 nitrogen and oxygen atoms in total. The average Bonchev–Trinajstić information content (AvgIpc) is 2.64. The Morgan fingerprint density at radius 3 is 1.96 bits per heavy atom. The lowest BCUT2D eigenvalue weighted by molar-refractivity contribution is -0.118. The molecule has 2 aromatic carbocycles. The molecule has 7 heteroatoms. The summed E-state index contributed by atoms with van der Waals surface area (Å²) in [5.74, 6) is -2.10. The lowest BCUT2D eigenvalue weighted by atomic mass is 10.1. The smallest absolute Gasteiger partial charge is 0.322 e. The van der Waals surface area contributed by atoms with Gasteiger partial charge < -0.3 is 15.5 Å². The summed E-state index contributed by atoms with van der Waals surface area (Å²) in [5, 5.41) is 5.49. The van der Waals surface area contributed by atoms with Gasteiger partial charge in [0.25, 0.3) is 0 Å². The number of nitrogens with zero attached hydrogens (tertiary/aromatic N) is 1. The summed E-state index contributed by atoms with van der Waals surface area (Å²) in [6.07, 6.45) is 0. The monoisotopic (exact) mass is 375 g/mol. The van der Waals surface area contributed by atoms with Crippen molar-refractivity contribution in [1.29, 1.82) is 0 Å². The van der Waals surface area contributed by atoms with Gasteiger partial charge in [-0.15, -0.1) is 0 Å². The number of nitrogens with one attached hydrogen (secondary N) is 2. The largest absolute Gasteiger partial charge is 0.326 e. The lowest BCUT2D eigenvalue weighted by Gasteiger charge is -2.25. The van der Waals surface area contributed by atoms with Gasteiger partial charge in [-0.25, -0.2) is 13.6 Å². The van der Waals surface area contributed by atoms with Crippen LogP contribution in [0.5, 0.6) is 0 Å². The van der Waals surface area contributed by atoms with Crippen LogP contribution in [-0.2, 0) is 4.79 Å². The molecule has 2 aromatic rings. The fraction of sp³-hybridized carbons (Fsp3) is 0.300. The Kier molecular flexibility index (Phi) is 6.50. The third-order valence-electron chi connectivity index (χ3n) is 4.26. The summed E-state index contributed by atoms with van der Waals surface area (Å²) < 4.78 is 26.5. The highest BCUT2D eigenvalue weighted by atomic mass is 19.2. The number of hydrogen-bond acceptors (Lipinski definition) is 2. The molecule has 0 saturated heterocycles. The van der Waals surface area contributed by atoms with Gasteiger partial charge in [0.05, 0.1) is 6.04 Å². The summed E-state index contributed by atoms with van der Waals surface area (Å²) in [6, 6.07) is 9.43. The van der Waals surface area contributed by atoms with E-state index in [4.69, 9.17) is 0 Å². The molecule has 0 radical (unpaired) electrons. The maximum Gasteiger partial charge on any atom is 0.322 e. The van der Waals surface area contributed by atoms with Crippen LogP contribution in [0.15, 0.2) is 42.5 Å². The number of carbonyl (C=O) groups is 2. The molecule has 3 amide bonds. The molecular weight excluding hydrogens is 352 g/mol. The molecule has 2 N–H and O–H groups in total. The van der Waals surface area contributed by atoms with Crippen molar-refractivity contribution in [2.75, 3.05) is 17.7 Å². The Hall–Kier alpha value is -2.96. The second-order valence-corrected chi connectivity index (χ2v) is 6.61. The van der Waals surface area contributed by atoms with Crippen molar-refractivity contribution in [2.24, 2.45) is 5.92 Å². The maximum atomic E-state index is 13.4. The van der Waals surface area contributed by atoms with Gasteiger partial charge in [0.15, 0.2) is 11.6 Å². The first-order valence-corrected chi connectivity index (χ1v) is 8.58. The molecular formula is C20H23F2N3O2. The Morgan fingerprint density at radius 1 is 0.889 bits per heavy atom. The van der Waals surface area contributed by atoms with Crippen LogP contribution >= 0.6 is 0 Å². The van der Waals surface area contributed by atoms with Crippen molar-refractivity contribution in [1.82, 2.24) is 4.90 Å². The van der Waals surface area contributed by atoms with Crippen LogP contribution in [-0.4, -0.2) is 23.9 Å². The molecule has 0 heterocycles. The molecule has 0 aliphatic heterocycles. The van der Waals surface area contributed by atoms with E-state index in [-0.39, 0.29) is 11.8 Å². The van der Waals surface area contributed by atoms with Crippen LogP contribution in [0.25, 0.3) is 0 Å². The van der Waals surface area contributed by atoms with Gasteiger partial charge in [-0.1, -0.05) is 19.9 Å². The first-order chi connectivity index (χ1) is 12.7. The average molecular weight is 375 g/mol. The Balaban J connectivity index is 2.01. The van der Waals surface area contributed by atoms with Crippen LogP contribution in [0.1, 0.15) is 32.4 Å². The predicted octanol–water partition coefficient (Wildman–Crippen LogP) is 4.78. The van der Waals surface area contributed by atoms with Crippen LogP contribution in [0.4, 0.5) is 25.0 Å². The Labute approximate surface area is 157 Å². The molecule has 27 heavy (non-hydrogen) atoms. The summed E-state index contributed by atoms with van der Waals surface area (Å²) in [7, 11) is 1.57. The Morgan fingerprint density at radius 2 is 1.44 bits per heavy atom. The third-order valence-corrected chi connectivity index (χ3v) is 4.26. The van der Waals surface area contributed by atoms with Crippen LogP contribution in [0, 0.1) is 17.6 Å². The first kappa shape index (κ1) is 20.4. The fourth-order valence-electron chi connectivity index (χ4n) is 2.31. The predicted molar refractivity (Wildman–Crippen MR) is 101 cm³/mol. The van der Waals surface area contributed by atoms with Gasteiger partial charge in [-0.05, 0) is 48.9 Å². The molecule has 0 fully saturated rings. The Bertz CT molecular complexity index is 822. The van der Waals surface area contributed by atoms with Gasteiger partial charge in [0.1, 0.15) is 0 Å². The zero-order chi connectivity index (χ0) is 20.1. The van der Waals surface area contributed by atoms with E-state index in [9.17, 15) is 18.4 Å². The number of carbonyl (C=O) groups excluding carboxylic acids is 2. The highest BCUT2D eigenvalue weighted by Gasteiger charge is 2.19. The summed E-state index contributed by atoms with van der Waals surface area (Å²) in [5.41, 5.74) is 1.67. The van der Waals surface area contributed by atoms with Crippen molar-refractivity contribution >= 4 is 23.3 Å². The maximum absolute atomic E-state index is 13.4. The van der Waals surface area contributed by atoms with E-state index in [1.54, 1.807) is 52.1 Å². The molecule has 0 spiro atoms. The van der Waals surface area contributed by atoms with Crippen molar-refractivity contribution in [3.8, 4) is 0 Å². The molecule has 0 aliphatic rings. The number of hydrogen-bond donors (Lipinski definition) is 2. The van der Waals surface area contributed by atoms with E-state index in [0.717, 1.165) is 12.1 Å². The summed E-state index contributed by atoms with van der Waals surface area (Å²) >= 11 is 0. The molecule has 1 unspecified atom stereocenters. The fourth-order valence-corrected chi connectivity index (χ4v) is 2.31. The molecule has 0 bridgehead atoms. The number of rotatable bonds is 5. The van der Waals surface area contributed by atoms with Crippen LogP contribution in [0.2, 0.25) is 0 Å². The van der Waals surface area contributed by atoms with E-state index < -0.39 is 23.7 Å². The minimum atomic E-state index is -0.952. The number of amides is 3. The first-order valence-electron chi connectivity index (χ1n) is 8.58. The minimum Gasteiger partial charge on any atom is -0.326 e. The van der Waals surface area contributed by atoms with E-state index in [2.05, 4.69) is 10.6 Å². The van der Waals surface area contributed by atoms with E-state index >= 15 is 0 Å². The van der Waals surface area contributed by atoms with Crippen LogP contribution in [0.3, 0.4) is 0 Å². The molecule has 2 rings (SSSR count). The minimum absolute atomic E-state index is 0.0909. The van der Waals surface area contributed by atoms with Gasteiger partial charge in [0.2, 0.25) is 5.91 Å². The topological polar surface area (TPSA) is 61.4 Å². The summed E-state index contributed by atoms with van der Waals surface area (Å²) in [4.78, 5) is 25.5. The SMILES string of the molecule is CC(C)C(=O)Nc1ccc(NC(=O)N(C)C(C)c2ccc(F)c(F)c2)cc1. The lowest BCUT2D eigenvalue weighted by Crippen LogP contribution is -2.33. The highest BCUT2D eigenvalue weighted by Crippen LogP contribution is 2.22. The molecule has 0 aromatic heterocycles. The molecule has 0 aliphatic carbocycles. The van der Waals surface area contributed by atoms with E-state index in [1.165, 1.54) is 11.0 Å². The molecule has 144 valence electrons. The van der Waals surface area contributed by atoms with E-state index in [1.807, 2.05) is 0 Å². The molecule has 0 saturated carbocycles. The second-order valence-electron chi connectivity index (χ2n) is 6.61. The molecule has 1 atom stereocenters. The van der Waals surface area contributed by atoms with E-state index in [0.29, 0.717) is 16.9 Å². The van der Waals surface area contributed by atoms with Crippen molar-refractivity contribution in [3.63, 3.8) is 0 Å². The number of benzene rings is 2. The highest BCUT2D eigenvalue weighted by molar-refractivity contribution is 5.93. The zero-order valence-electron chi connectivity index (χ0n) is 15.7. The van der Waals surface area contributed by atoms with Crippen molar-refractivity contribution in [2.45, 2.75) is 26.8 Å². The van der Waals surface area contributed by atoms with Crippen molar-refractivity contribution < 1.29 is 18.4 Å². The number of anilines is 2. The van der Waals surface area contributed by atoms with Gasteiger partial charge >= 0.3 is 6.03 Å². The van der Waals surface area contributed by atoms with Crippen LogP contribution < -0.4 is 10.6 Å². The quantitative estimate of drug-likeness (QED) is 0.790. The zero-order valence-corrected chi connectivity index (χ0v) is 15.7. The number of urea groups is 1. The summed E-state index contributed by atoms with van der Waals surface area (Å²) in [6.45, 7) is 5.32. The van der Waals surface area contributed by atoms with Gasteiger partial charge in [0, 0.05) is 24.3 Å². The normalized spacial score (nSPS) is 11.8. The van der Waals surface area contributed by atoms with Crippen molar-refractivity contribution in [3.05, 3.63) is 59.7 Å². The second kappa shape index (κ2) is 8.62. The standard InChI is InChI=1S/C20H23F2N3O2/c1-12(2)19(26)23-15-6-8-16(9-7-15)24-20(27)25(4)13(3)14-5-10-17(21)18(22)11-14/h5-13H,1-4H3,(H,23,26)(H,24,27). The third kappa shape index (κ3) is 5.26.